The van der Waals surface area contributed by atoms with E-state index < -0.39 is 0 Å². The highest BCUT2D eigenvalue weighted by Crippen LogP contribution is 2.34. The fourth-order valence-corrected chi connectivity index (χ4v) is 4.29. The van der Waals surface area contributed by atoms with Gasteiger partial charge in [-0.3, -0.25) is 0 Å². The lowest BCUT2D eigenvalue weighted by Crippen LogP contribution is -1.97. The molecule has 0 fully saturated rings. The third-order valence-corrected chi connectivity index (χ3v) is 5.77. The molecule has 0 bridgehead atoms. The van der Waals surface area contributed by atoms with Gasteiger partial charge >= 0.3 is 0 Å². The Morgan fingerprint density at radius 2 is 1.63 bits per heavy atom. The fourth-order valence-electron chi connectivity index (χ4n) is 4.29. The summed E-state index contributed by atoms with van der Waals surface area (Å²) >= 11 is 0. The first kappa shape index (κ1) is 19.9. The Hall–Kier alpha value is -3.38. The molecule has 0 atom stereocenters. The Labute approximate surface area is 180 Å². The van der Waals surface area contributed by atoms with E-state index in [-0.39, 0.29) is 0 Å². The van der Waals surface area contributed by atoms with Crippen molar-refractivity contribution in [3.63, 3.8) is 0 Å². The Morgan fingerprint density at radius 3 is 2.37 bits per heavy atom. The zero-order valence-corrected chi connectivity index (χ0v) is 17.9. The highest BCUT2D eigenvalue weighted by molar-refractivity contribution is 6.01. The largest absolute Gasteiger partial charge is 0.0985 e. The van der Waals surface area contributed by atoms with E-state index >= 15 is 0 Å². The molecule has 0 amide bonds. The van der Waals surface area contributed by atoms with Crippen LogP contribution >= 0.6 is 0 Å². The van der Waals surface area contributed by atoms with Gasteiger partial charge in [0.2, 0.25) is 0 Å². The normalized spacial score (nSPS) is 11.6. The minimum absolute atomic E-state index is 1.01. The second-order valence-electron chi connectivity index (χ2n) is 7.84. The van der Waals surface area contributed by atoms with E-state index in [4.69, 9.17) is 0 Å². The van der Waals surface area contributed by atoms with Gasteiger partial charge in [0, 0.05) is 0 Å². The lowest BCUT2D eigenvalue weighted by molar-refractivity contribution is 0.966. The minimum Gasteiger partial charge on any atom is -0.0985 e. The molecule has 0 radical (unpaired) electrons. The predicted octanol–water partition coefficient (Wildman–Crippen LogP) is 8.19. The summed E-state index contributed by atoms with van der Waals surface area (Å²) in [5.41, 5.74) is 9.09. The number of fused-ring (bicyclic) bond motifs is 1. The van der Waals surface area contributed by atoms with Gasteiger partial charge in [-0.05, 0) is 76.9 Å². The first-order chi connectivity index (χ1) is 14.7. The molecule has 4 aromatic rings. The molecule has 0 saturated heterocycles. The molecular weight excluding hydrogens is 360 g/mol. The molecule has 4 aromatic carbocycles. The molecule has 0 aliphatic carbocycles. The first-order valence-electron chi connectivity index (χ1n) is 10.7. The van der Waals surface area contributed by atoms with Crippen LogP contribution in [0.5, 0.6) is 0 Å². The van der Waals surface area contributed by atoms with Gasteiger partial charge in [-0.2, -0.15) is 0 Å². The van der Waals surface area contributed by atoms with E-state index in [1.54, 1.807) is 0 Å². The van der Waals surface area contributed by atoms with Crippen molar-refractivity contribution in [2.45, 2.75) is 26.7 Å². The standard InChI is InChI=1S/C30H28/c1-4-24(5-2)28-20-26-15-10-16-29(25-13-7-6-8-14-25)30(26)27(21-28)18-17-23-12-9-11-22(3)19-23/h4-16,19-21H,1,17-18H2,2-3H3/b24-5+. The maximum atomic E-state index is 4.02. The molecule has 0 aliphatic rings. The topological polar surface area (TPSA) is 0 Å². The van der Waals surface area contributed by atoms with Gasteiger partial charge in [0.1, 0.15) is 0 Å². The van der Waals surface area contributed by atoms with Gasteiger partial charge in [0.05, 0.1) is 0 Å². The van der Waals surface area contributed by atoms with Crippen LogP contribution in [-0.4, -0.2) is 0 Å². The number of allylic oxidation sites excluding steroid dienone is 3. The third kappa shape index (κ3) is 4.14. The first-order valence-corrected chi connectivity index (χ1v) is 10.7. The smallest absolute Gasteiger partial charge is 0.00728 e. The molecule has 30 heavy (non-hydrogen) atoms. The molecule has 0 spiro atoms. The van der Waals surface area contributed by atoms with E-state index in [1.165, 1.54) is 49.7 Å². The summed E-state index contributed by atoms with van der Waals surface area (Å²) < 4.78 is 0. The van der Waals surface area contributed by atoms with Crippen molar-refractivity contribution in [2.24, 2.45) is 0 Å². The summed E-state index contributed by atoms with van der Waals surface area (Å²) in [6, 6.07) is 30.9. The van der Waals surface area contributed by atoms with Crippen LogP contribution in [0.1, 0.15) is 29.2 Å². The molecule has 0 heterocycles. The van der Waals surface area contributed by atoms with Crippen molar-refractivity contribution in [2.75, 3.05) is 0 Å². The van der Waals surface area contributed by atoms with E-state index in [0.29, 0.717) is 0 Å². The second-order valence-corrected chi connectivity index (χ2v) is 7.84. The van der Waals surface area contributed by atoms with E-state index in [1.807, 2.05) is 6.08 Å². The van der Waals surface area contributed by atoms with Crippen LogP contribution in [0.4, 0.5) is 0 Å². The average Bonchev–Trinajstić information content (AvgIpc) is 2.78. The lowest BCUT2D eigenvalue weighted by Gasteiger charge is -2.15. The third-order valence-electron chi connectivity index (χ3n) is 5.77. The number of benzene rings is 4. The minimum atomic E-state index is 1.01. The maximum absolute atomic E-state index is 4.02. The van der Waals surface area contributed by atoms with Crippen molar-refractivity contribution in [1.29, 1.82) is 0 Å². The Bertz CT molecular complexity index is 1210. The molecule has 0 saturated carbocycles. The van der Waals surface area contributed by atoms with Crippen LogP contribution in [-0.2, 0) is 12.8 Å². The van der Waals surface area contributed by atoms with Crippen LogP contribution in [0.3, 0.4) is 0 Å². The molecule has 0 N–H and O–H groups in total. The van der Waals surface area contributed by atoms with Crippen molar-refractivity contribution >= 4 is 16.3 Å². The van der Waals surface area contributed by atoms with Gasteiger partial charge in [0.15, 0.2) is 0 Å². The van der Waals surface area contributed by atoms with Crippen LogP contribution < -0.4 is 0 Å². The highest BCUT2D eigenvalue weighted by Gasteiger charge is 2.12. The summed E-state index contributed by atoms with van der Waals surface area (Å²) in [7, 11) is 0. The van der Waals surface area contributed by atoms with Crippen molar-refractivity contribution in [3.05, 3.63) is 126 Å². The molecular formula is C30H28. The van der Waals surface area contributed by atoms with Gasteiger partial charge < -0.3 is 0 Å². The zero-order valence-electron chi connectivity index (χ0n) is 17.9. The molecule has 0 aromatic heterocycles. The van der Waals surface area contributed by atoms with Crippen molar-refractivity contribution in [3.8, 4) is 11.1 Å². The Balaban J connectivity index is 1.88. The van der Waals surface area contributed by atoms with Crippen molar-refractivity contribution in [1.82, 2.24) is 0 Å². The van der Waals surface area contributed by atoms with Gasteiger partial charge in [0.25, 0.3) is 0 Å². The average molecular weight is 389 g/mol. The van der Waals surface area contributed by atoms with Crippen LogP contribution in [0.2, 0.25) is 0 Å². The highest BCUT2D eigenvalue weighted by atomic mass is 14.2. The van der Waals surface area contributed by atoms with Crippen LogP contribution in [0.25, 0.3) is 27.5 Å². The molecule has 4 rings (SSSR count). The van der Waals surface area contributed by atoms with Gasteiger partial charge in [-0.1, -0.05) is 103 Å². The predicted molar refractivity (Wildman–Crippen MR) is 132 cm³/mol. The summed E-state index contributed by atoms with van der Waals surface area (Å²) in [5.74, 6) is 0. The molecule has 0 unspecified atom stereocenters. The quantitative estimate of drug-likeness (QED) is 0.292. The van der Waals surface area contributed by atoms with Gasteiger partial charge in [-0.15, -0.1) is 0 Å². The molecule has 0 aliphatic heterocycles. The number of rotatable bonds is 6. The molecule has 148 valence electrons. The monoisotopic (exact) mass is 388 g/mol. The van der Waals surface area contributed by atoms with Crippen LogP contribution in [0.15, 0.2) is 104 Å². The summed E-state index contributed by atoms with van der Waals surface area (Å²) in [6.45, 7) is 8.26. The zero-order chi connectivity index (χ0) is 20.9. The number of aryl methyl sites for hydroxylation is 3. The van der Waals surface area contributed by atoms with Crippen molar-refractivity contribution < 1.29 is 0 Å². The van der Waals surface area contributed by atoms with Gasteiger partial charge in [-0.25, -0.2) is 0 Å². The molecule has 0 nitrogen and oxygen atoms in total. The number of hydrogen-bond donors (Lipinski definition) is 0. The number of hydrogen-bond acceptors (Lipinski definition) is 0. The Morgan fingerprint density at radius 1 is 0.833 bits per heavy atom. The second kappa shape index (κ2) is 8.97. The molecule has 0 heteroatoms. The summed E-state index contributed by atoms with van der Waals surface area (Å²) in [6.07, 6.45) is 6.13. The van der Waals surface area contributed by atoms with Crippen LogP contribution in [0, 0.1) is 6.92 Å². The lowest BCUT2D eigenvalue weighted by atomic mass is 9.89. The van der Waals surface area contributed by atoms with E-state index in [0.717, 1.165) is 12.8 Å². The summed E-state index contributed by atoms with van der Waals surface area (Å²) in [4.78, 5) is 0. The van der Waals surface area contributed by atoms with E-state index in [2.05, 4.69) is 111 Å². The Kier molecular flexibility index (Phi) is 5.95. The summed E-state index contributed by atoms with van der Waals surface area (Å²) in [5, 5.41) is 2.65. The maximum Gasteiger partial charge on any atom is -0.00728 e. The van der Waals surface area contributed by atoms with E-state index in [9.17, 15) is 0 Å². The SMILES string of the molecule is C=C/C(=C\C)c1cc(CCc2cccc(C)c2)c2c(-c3ccccc3)cccc2c1. The fraction of sp³-hybridized carbons (Fsp3) is 0.133.